The van der Waals surface area contributed by atoms with E-state index in [0.717, 1.165) is 26.1 Å². The monoisotopic (exact) mass is 172 g/mol. The van der Waals surface area contributed by atoms with E-state index < -0.39 is 0 Å². The number of hydrogen-bond acceptors (Lipinski definition) is 3. The summed E-state index contributed by atoms with van der Waals surface area (Å²) in [6, 6.07) is 0. The highest BCUT2D eigenvalue weighted by Gasteiger charge is 2.44. The topological polar surface area (TPSA) is 38.7 Å². The van der Waals surface area contributed by atoms with E-state index in [4.69, 9.17) is 9.47 Å². The molecule has 0 radical (unpaired) electrons. The Morgan fingerprint density at radius 3 is 2.67 bits per heavy atom. The van der Waals surface area contributed by atoms with Crippen LogP contribution in [0.5, 0.6) is 0 Å². The molecule has 0 spiro atoms. The molecule has 0 aromatic carbocycles. The molecule has 0 aliphatic carbocycles. The Balaban J connectivity index is 1.94. The Bertz CT molecular complexity index is 165. The van der Waals surface area contributed by atoms with Crippen LogP contribution in [0, 0.1) is 5.41 Å². The number of rotatable bonds is 1. The summed E-state index contributed by atoms with van der Waals surface area (Å²) in [5, 5.41) is 9.44. The van der Waals surface area contributed by atoms with E-state index in [1.807, 2.05) is 0 Å². The molecule has 0 bridgehead atoms. The molecule has 70 valence electrons. The van der Waals surface area contributed by atoms with Crippen LogP contribution >= 0.6 is 0 Å². The van der Waals surface area contributed by atoms with Gasteiger partial charge in [0.2, 0.25) is 0 Å². The predicted octanol–water partition coefficient (Wildman–Crippen LogP) is 0.563. The summed E-state index contributed by atoms with van der Waals surface area (Å²) >= 11 is 0. The van der Waals surface area contributed by atoms with Gasteiger partial charge in [-0.1, -0.05) is 6.92 Å². The molecule has 0 aromatic rings. The first-order valence-electron chi connectivity index (χ1n) is 4.58. The van der Waals surface area contributed by atoms with E-state index in [0.29, 0.717) is 6.61 Å². The van der Waals surface area contributed by atoms with E-state index >= 15 is 0 Å². The quantitative estimate of drug-likeness (QED) is 0.628. The summed E-state index contributed by atoms with van der Waals surface area (Å²) in [6.07, 6.45) is 1.60. The lowest BCUT2D eigenvalue weighted by Crippen LogP contribution is -2.52. The van der Waals surface area contributed by atoms with Crippen LogP contribution < -0.4 is 0 Å². The van der Waals surface area contributed by atoms with Crippen LogP contribution in [0.1, 0.15) is 19.8 Å². The van der Waals surface area contributed by atoms with Gasteiger partial charge in [-0.3, -0.25) is 0 Å². The van der Waals surface area contributed by atoms with Crippen molar-refractivity contribution in [1.82, 2.24) is 0 Å². The van der Waals surface area contributed by atoms with Gasteiger partial charge < -0.3 is 14.6 Å². The number of aliphatic hydroxyl groups excluding tert-OH is 1. The first-order chi connectivity index (χ1) is 5.71. The van der Waals surface area contributed by atoms with E-state index in [9.17, 15) is 5.11 Å². The standard InChI is InChI=1S/C9H16O3/c1-9(5-11-6-9)8-4-7(10)2-3-12-8/h7-8,10H,2-6H2,1H3. The number of hydrogen-bond donors (Lipinski definition) is 1. The van der Waals surface area contributed by atoms with E-state index in [-0.39, 0.29) is 17.6 Å². The van der Waals surface area contributed by atoms with Crippen LogP contribution in [-0.4, -0.2) is 37.1 Å². The lowest BCUT2D eigenvalue weighted by atomic mass is 9.78. The van der Waals surface area contributed by atoms with Crippen molar-refractivity contribution in [2.45, 2.75) is 32.0 Å². The van der Waals surface area contributed by atoms with Gasteiger partial charge in [0, 0.05) is 18.4 Å². The third-order valence-corrected chi connectivity index (χ3v) is 2.90. The van der Waals surface area contributed by atoms with Gasteiger partial charge >= 0.3 is 0 Å². The van der Waals surface area contributed by atoms with Crippen LogP contribution in [0.2, 0.25) is 0 Å². The normalized spacial score (nSPS) is 40.5. The first-order valence-corrected chi connectivity index (χ1v) is 4.58. The second kappa shape index (κ2) is 2.98. The SMILES string of the molecule is CC1(C2CC(O)CCO2)COC1. The lowest BCUT2D eigenvalue weighted by Gasteiger charge is -2.46. The molecule has 2 heterocycles. The molecule has 0 aromatic heterocycles. The Morgan fingerprint density at radius 2 is 2.17 bits per heavy atom. The number of ether oxygens (including phenoxy) is 2. The highest BCUT2D eigenvalue weighted by Crippen LogP contribution is 2.36. The van der Waals surface area contributed by atoms with Crippen LogP contribution in [0.3, 0.4) is 0 Å². The molecule has 0 amide bonds. The van der Waals surface area contributed by atoms with Gasteiger partial charge in [0.25, 0.3) is 0 Å². The fraction of sp³-hybridized carbons (Fsp3) is 1.00. The second-order valence-electron chi connectivity index (χ2n) is 4.18. The van der Waals surface area contributed by atoms with Crippen molar-refractivity contribution in [3.05, 3.63) is 0 Å². The second-order valence-corrected chi connectivity index (χ2v) is 4.18. The molecule has 2 aliphatic rings. The van der Waals surface area contributed by atoms with Crippen molar-refractivity contribution in [2.75, 3.05) is 19.8 Å². The van der Waals surface area contributed by atoms with Crippen LogP contribution in [0.15, 0.2) is 0 Å². The molecule has 0 saturated carbocycles. The van der Waals surface area contributed by atoms with Gasteiger partial charge in [0.05, 0.1) is 25.4 Å². The third-order valence-electron chi connectivity index (χ3n) is 2.90. The Kier molecular flexibility index (Phi) is 2.10. The van der Waals surface area contributed by atoms with Crippen LogP contribution in [-0.2, 0) is 9.47 Å². The molecule has 12 heavy (non-hydrogen) atoms. The Labute approximate surface area is 72.7 Å². The molecule has 3 heteroatoms. The first kappa shape index (κ1) is 8.48. The summed E-state index contributed by atoms with van der Waals surface area (Å²) in [4.78, 5) is 0. The van der Waals surface area contributed by atoms with E-state index in [1.165, 1.54) is 0 Å². The summed E-state index contributed by atoms with van der Waals surface area (Å²) < 4.78 is 10.8. The molecule has 3 nitrogen and oxygen atoms in total. The van der Waals surface area contributed by atoms with Gasteiger partial charge in [-0.15, -0.1) is 0 Å². The summed E-state index contributed by atoms with van der Waals surface area (Å²) in [5.74, 6) is 0. The van der Waals surface area contributed by atoms with Gasteiger partial charge in [-0.05, 0) is 6.42 Å². The van der Waals surface area contributed by atoms with E-state index in [1.54, 1.807) is 0 Å². The lowest BCUT2D eigenvalue weighted by molar-refractivity contribution is -0.199. The van der Waals surface area contributed by atoms with Crippen molar-refractivity contribution in [3.8, 4) is 0 Å². The molecule has 2 fully saturated rings. The van der Waals surface area contributed by atoms with Crippen molar-refractivity contribution < 1.29 is 14.6 Å². The molecule has 2 aliphatic heterocycles. The fourth-order valence-electron chi connectivity index (χ4n) is 1.87. The molecule has 2 saturated heterocycles. The zero-order valence-electron chi connectivity index (χ0n) is 7.45. The van der Waals surface area contributed by atoms with Crippen molar-refractivity contribution >= 4 is 0 Å². The summed E-state index contributed by atoms with van der Waals surface area (Å²) in [6.45, 7) is 4.43. The molecule has 1 N–H and O–H groups in total. The van der Waals surface area contributed by atoms with E-state index in [2.05, 4.69) is 6.92 Å². The molecular weight excluding hydrogens is 156 g/mol. The smallest absolute Gasteiger partial charge is 0.0697 e. The highest BCUT2D eigenvalue weighted by molar-refractivity contribution is 4.91. The minimum absolute atomic E-state index is 0.166. The maximum atomic E-state index is 9.44. The van der Waals surface area contributed by atoms with Gasteiger partial charge in [-0.25, -0.2) is 0 Å². The summed E-state index contributed by atoms with van der Waals surface area (Å²) in [7, 11) is 0. The van der Waals surface area contributed by atoms with Gasteiger partial charge in [0.15, 0.2) is 0 Å². The van der Waals surface area contributed by atoms with Crippen molar-refractivity contribution in [2.24, 2.45) is 5.41 Å². The molecular formula is C9H16O3. The fourth-order valence-corrected chi connectivity index (χ4v) is 1.87. The summed E-state index contributed by atoms with van der Waals surface area (Å²) in [5.41, 5.74) is 0.168. The largest absolute Gasteiger partial charge is 0.393 e. The predicted molar refractivity (Wildman–Crippen MR) is 43.9 cm³/mol. The minimum atomic E-state index is -0.166. The Morgan fingerprint density at radius 1 is 1.42 bits per heavy atom. The maximum absolute atomic E-state index is 9.44. The van der Waals surface area contributed by atoms with Crippen molar-refractivity contribution in [1.29, 1.82) is 0 Å². The van der Waals surface area contributed by atoms with Crippen LogP contribution in [0.4, 0.5) is 0 Å². The van der Waals surface area contributed by atoms with Gasteiger partial charge in [-0.2, -0.15) is 0 Å². The third kappa shape index (κ3) is 1.37. The van der Waals surface area contributed by atoms with Crippen molar-refractivity contribution in [3.63, 3.8) is 0 Å². The van der Waals surface area contributed by atoms with Crippen LogP contribution in [0.25, 0.3) is 0 Å². The zero-order chi connectivity index (χ0) is 8.60. The number of aliphatic hydroxyl groups is 1. The molecule has 2 rings (SSSR count). The highest BCUT2D eigenvalue weighted by atomic mass is 16.5. The average molecular weight is 172 g/mol. The molecule has 2 unspecified atom stereocenters. The minimum Gasteiger partial charge on any atom is -0.393 e. The molecule has 2 atom stereocenters. The zero-order valence-corrected chi connectivity index (χ0v) is 7.45. The Hall–Kier alpha value is -0.120. The maximum Gasteiger partial charge on any atom is 0.0697 e. The average Bonchev–Trinajstić information content (AvgIpc) is 2.00. The van der Waals surface area contributed by atoms with Gasteiger partial charge in [0.1, 0.15) is 0 Å².